The van der Waals surface area contributed by atoms with Crippen LogP contribution in [0.25, 0.3) is 0 Å². The number of hydrogen-bond acceptors (Lipinski definition) is 4. The van der Waals surface area contributed by atoms with E-state index in [4.69, 9.17) is 4.74 Å². The van der Waals surface area contributed by atoms with Crippen LogP contribution in [0.5, 0.6) is 0 Å². The number of carbonyl (C=O) groups is 2. The molecule has 0 bridgehead atoms. The van der Waals surface area contributed by atoms with Gasteiger partial charge in [-0.25, -0.2) is 4.79 Å². The number of nitrogens with one attached hydrogen (secondary N) is 1. The Morgan fingerprint density at radius 1 is 1.26 bits per heavy atom. The van der Waals surface area contributed by atoms with Crippen molar-refractivity contribution in [2.75, 3.05) is 39.4 Å². The Bertz CT molecular complexity index is 529. The van der Waals surface area contributed by atoms with Crippen LogP contribution >= 0.6 is 11.3 Å². The third-order valence-electron chi connectivity index (χ3n) is 4.37. The van der Waals surface area contributed by atoms with Crippen LogP contribution in [0.2, 0.25) is 0 Å². The molecule has 0 aliphatic carbocycles. The van der Waals surface area contributed by atoms with Gasteiger partial charge in [0.25, 0.3) is 0 Å². The summed E-state index contributed by atoms with van der Waals surface area (Å²) in [7, 11) is 0. The zero-order chi connectivity index (χ0) is 16.1. The van der Waals surface area contributed by atoms with Gasteiger partial charge in [0.1, 0.15) is 0 Å². The molecule has 126 valence electrons. The van der Waals surface area contributed by atoms with E-state index in [0.29, 0.717) is 39.4 Å². The minimum atomic E-state index is -0.0747. The Hall–Kier alpha value is -1.60. The summed E-state index contributed by atoms with van der Waals surface area (Å²) < 4.78 is 5.30. The molecule has 0 saturated carbocycles. The molecule has 7 heteroatoms. The summed E-state index contributed by atoms with van der Waals surface area (Å²) in [6.07, 6.45) is 1.75. The summed E-state index contributed by atoms with van der Waals surface area (Å²) in [4.78, 5) is 29.7. The van der Waals surface area contributed by atoms with Crippen LogP contribution in [-0.2, 0) is 16.1 Å². The lowest BCUT2D eigenvalue weighted by molar-refractivity contribution is -0.141. The first-order valence-electron chi connectivity index (χ1n) is 8.16. The highest BCUT2D eigenvalue weighted by Crippen LogP contribution is 2.20. The Morgan fingerprint density at radius 2 is 2.09 bits per heavy atom. The van der Waals surface area contributed by atoms with Crippen LogP contribution in [0.1, 0.15) is 17.7 Å². The van der Waals surface area contributed by atoms with Crippen LogP contribution in [-0.4, -0.2) is 61.1 Å². The molecule has 1 N–H and O–H groups in total. The van der Waals surface area contributed by atoms with Gasteiger partial charge < -0.3 is 19.9 Å². The minimum absolute atomic E-state index is 0.0714. The second-order valence-corrected chi connectivity index (χ2v) is 6.99. The maximum absolute atomic E-state index is 12.6. The van der Waals surface area contributed by atoms with Crippen molar-refractivity contribution in [2.24, 2.45) is 5.92 Å². The summed E-state index contributed by atoms with van der Waals surface area (Å²) in [5.74, 6) is 0.0957. The summed E-state index contributed by atoms with van der Waals surface area (Å²) in [5.41, 5.74) is 0. The molecule has 23 heavy (non-hydrogen) atoms. The number of hydrogen-bond donors (Lipinski definition) is 1. The number of piperidine rings is 1. The molecular formula is C16H23N3O3S. The van der Waals surface area contributed by atoms with E-state index in [2.05, 4.69) is 5.32 Å². The fourth-order valence-corrected chi connectivity index (χ4v) is 3.74. The van der Waals surface area contributed by atoms with E-state index >= 15 is 0 Å². The molecule has 1 atom stereocenters. The number of urea groups is 1. The smallest absolute Gasteiger partial charge is 0.317 e. The molecule has 0 spiro atoms. The minimum Gasteiger partial charge on any atom is -0.378 e. The fraction of sp³-hybridized carbons (Fsp3) is 0.625. The van der Waals surface area contributed by atoms with Gasteiger partial charge in [-0.3, -0.25) is 4.79 Å². The molecule has 0 aromatic carbocycles. The van der Waals surface area contributed by atoms with Crippen LogP contribution in [0, 0.1) is 5.92 Å². The van der Waals surface area contributed by atoms with Gasteiger partial charge in [0, 0.05) is 31.1 Å². The molecule has 2 saturated heterocycles. The third-order valence-corrected chi connectivity index (χ3v) is 5.25. The lowest BCUT2D eigenvalue weighted by atomic mass is 9.96. The second kappa shape index (κ2) is 7.79. The topological polar surface area (TPSA) is 61.9 Å². The van der Waals surface area contributed by atoms with E-state index in [-0.39, 0.29) is 17.9 Å². The summed E-state index contributed by atoms with van der Waals surface area (Å²) in [6, 6.07) is 3.91. The number of amides is 3. The summed E-state index contributed by atoms with van der Waals surface area (Å²) in [5, 5.41) is 4.95. The van der Waals surface area contributed by atoms with E-state index in [9.17, 15) is 9.59 Å². The number of thiophene rings is 1. The third kappa shape index (κ3) is 4.23. The van der Waals surface area contributed by atoms with Gasteiger partial charge in [-0.2, -0.15) is 0 Å². The Morgan fingerprint density at radius 3 is 2.83 bits per heavy atom. The summed E-state index contributed by atoms with van der Waals surface area (Å²) in [6.45, 7) is 4.36. The highest BCUT2D eigenvalue weighted by atomic mass is 32.1. The van der Waals surface area contributed by atoms with Crippen LogP contribution in [0.3, 0.4) is 0 Å². The Balaban J connectivity index is 1.50. The van der Waals surface area contributed by atoms with Crippen LogP contribution in [0.4, 0.5) is 4.79 Å². The zero-order valence-electron chi connectivity index (χ0n) is 13.2. The molecule has 6 nitrogen and oxygen atoms in total. The monoisotopic (exact) mass is 337 g/mol. The molecule has 3 heterocycles. The highest BCUT2D eigenvalue weighted by Gasteiger charge is 2.31. The normalized spacial score (nSPS) is 22.0. The van der Waals surface area contributed by atoms with Gasteiger partial charge in [-0.1, -0.05) is 6.07 Å². The predicted octanol–water partition coefficient (Wildman–Crippen LogP) is 1.53. The maximum atomic E-state index is 12.6. The Labute approximate surface area is 140 Å². The van der Waals surface area contributed by atoms with Crippen molar-refractivity contribution >= 4 is 23.3 Å². The van der Waals surface area contributed by atoms with E-state index in [1.165, 1.54) is 0 Å². The van der Waals surface area contributed by atoms with Crippen molar-refractivity contribution in [2.45, 2.75) is 19.4 Å². The van der Waals surface area contributed by atoms with Gasteiger partial charge in [0.2, 0.25) is 5.91 Å². The molecule has 1 aromatic rings. The zero-order valence-corrected chi connectivity index (χ0v) is 14.0. The Kier molecular flexibility index (Phi) is 5.51. The first kappa shape index (κ1) is 16.3. The molecule has 0 radical (unpaired) electrons. The number of ether oxygens (including phenoxy) is 1. The van der Waals surface area contributed by atoms with E-state index in [1.807, 2.05) is 22.4 Å². The molecule has 2 fully saturated rings. The lowest BCUT2D eigenvalue weighted by Gasteiger charge is -2.36. The SMILES string of the molecule is O=C(NCc1cccs1)N1CCCC(C(=O)N2CCOCC2)C1. The number of nitrogens with zero attached hydrogens (tertiary/aromatic N) is 2. The van der Waals surface area contributed by atoms with Crippen molar-refractivity contribution in [3.05, 3.63) is 22.4 Å². The first-order valence-corrected chi connectivity index (χ1v) is 9.03. The van der Waals surface area contributed by atoms with E-state index < -0.39 is 0 Å². The number of likely N-dealkylation sites (tertiary alicyclic amines) is 1. The van der Waals surface area contributed by atoms with Gasteiger partial charge >= 0.3 is 6.03 Å². The highest BCUT2D eigenvalue weighted by molar-refractivity contribution is 7.09. The molecule has 1 aromatic heterocycles. The largest absolute Gasteiger partial charge is 0.378 e. The van der Waals surface area contributed by atoms with Gasteiger partial charge in [0.05, 0.1) is 25.7 Å². The van der Waals surface area contributed by atoms with Crippen LogP contribution in [0.15, 0.2) is 17.5 Å². The molecule has 3 amide bonds. The van der Waals surface area contributed by atoms with Crippen molar-refractivity contribution in [1.82, 2.24) is 15.1 Å². The lowest BCUT2D eigenvalue weighted by Crippen LogP contribution is -2.51. The van der Waals surface area contributed by atoms with Crippen molar-refractivity contribution in [3.8, 4) is 0 Å². The molecule has 3 rings (SSSR count). The average molecular weight is 337 g/mol. The number of rotatable bonds is 3. The molecular weight excluding hydrogens is 314 g/mol. The molecule has 2 aliphatic rings. The van der Waals surface area contributed by atoms with Gasteiger partial charge in [-0.05, 0) is 24.3 Å². The quantitative estimate of drug-likeness (QED) is 0.910. The predicted molar refractivity (Wildman–Crippen MR) is 88.3 cm³/mol. The average Bonchev–Trinajstić information content (AvgIpc) is 3.13. The summed E-state index contributed by atoms with van der Waals surface area (Å²) >= 11 is 1.63. The second-order valence-electron chi connectivity index (χ2n) is 5.96. The van der Waals surface area contributed by atoms with E-state index in [1.54, 1.807) is 16.2 Å². The van der Waals surface area contributed by atoms with Crippen LogP contribution < -0.4 is 5.32 Å². The standard InChI is InChI=1S/C16H23N3O3S/c20-15(18-6-8-22-9-7-18)13-3-1-5-19(12-13)16(21)17-11-14-4-2-10-23-14/h2,4,10,13H,1,3,5-9,11-12H2,(H,17,21). The first-order chi connectivity index (χ1) is 11.2. The van der Waals surface area contributed by atoms with Crippen molar-refractivity contribution < 1.29 is 14.3 Å². The molecule has 2 aliphatic heterocycles. The fourth-order valence-electron chi connectivity index (χ4n) is 3.09. The van der Waals surface area contributed by atoms with Gasteiger partial charge in [0.15, 0.2) is 0 Å². The number of carbonyl (C=O) groups excluding carboxylic acids is 2. The maximum Gasteiger partial charge on any atom is 0.317 e. The molecule has 1 unspecified atom stereocenters. The van der Waals surface area contributed by atoms with Crippen molar-refractivity contribution in [1.29, 1.82) is 0 Å². The van der Waals surface area contributed by atoms with Crippen molar-refractivity contribution in [3.63, 3.8) is 0 Å². The van der Waals surface area contributed by atoms with Gasteiger partial charge in [-0.15, -0.1) is 11.3 Å². The number of morpholine rings is 1. The van der Waals surface area contributed by atoms with E-state index in [0.717, 1.165) is 24.3 Å².